The van der Waals surface area contributed by atoms with Gasteiger partial charge in [-0.1, -0.05) is 60.7 Å². The van der Waals surface area contributed by atoms with Crippen molar-refractivity contribution in [2.45, 2.75) is 6.92 Å². The van der Waals surface area contributed by atoms with Gasteiger partial charge in [0.2, 0.25) is 0 Å². The van der Waals surface area contributed by atoms with Crippen molar-refractivity contribution in [1.29, 1.82) is 0 Å². The van der Waals surface area contributed by atoms with Gasteiger partial charge in [0.15, 0.2) is 5.13 Å². The third-order valence-corrected chi connectivity index (χ3v) is 4.09. The molecule has 0 saturated heterocycles. The highest BCUT2D eigenvalue weighted by Crippen LogP contribution is 2.24. The topological polar surface area (TPSA) is 42.0 Å². The first kappa shape index (κ1) is 15.2. The van der Waals surface area contributed by atoms with E-state index >= 15 is 0 Å². The fourth-order valence-electron chi connectivity index (χ4n) is 2.13. The standard InChI is InChI=1S/C19H16N2OS/c1-14(12-15-8-4-2-5-9-15)18(22)21-19-20-17(13-23-19)16-10-6-3-7-11-16/h2-13H,1H3,(H,20,21,22)/b14-12+. The molecule has 3 nitrogen and oxygen atoms in total. The van der Waals surface area contributed by atoms with Crippen LogP contribution in [0, 0.1) is 0 Å². The second kappa shape index (κ2) is 7.03. The third-order valence-electron chi connectivity index (χ3n) is 3.34. The van der Waals surface area contributed by atoms with E-state index in [4.69, 9.17) is 0 Å². The van der Waals surface area contributed by atoms with Crippen molar-refractivity contribution in [3.05, 3.63) is 77.2 Å². The average molecular weight is 320 g/mol. The molecule has 114 valence electrons. The van der Waals surface area contributed by atoms with E-state index in [2.05, 4.69) is 10.3 Å². The Morgan fingerprint density at radius 2 is 1.70 bits per heavy atom. The van der Waals surface area contributed by atoms with Crippen LogP contribution in [0.2, 0.25) is 0 Å². The molecule has 0 aliphatic heterocycles. The van der Waals surface area contributed by atoms with Gasteiger partial charge in [0.25, 0.3) is 5.91 Å². The van der Waals surface area contributed by atoms with E-state index in [1.165, 1.54) is 11.3 Å². The Balaban J connectivity index is 1.71. The molecule has 23 heavy (non-hydrogen) atoms. The number of amides is 1. The molecule has 1 aromatic heterocycles. The molecule has 4 heteroatoms. The Morgan fingerprint density at radius 1 is 1.04 bits per heavy atom. The van der Waals surface area contributed by atoms with Crippen LogP contribution in [0.5, 0.6) is 0 Å². The molecule has 0 spiro atoms. The first-order chi connectivity index (χ1) is 11.2. The van der Waals surface area contributed by atoms with Crippen molar-refractivity contribution in [3.63, 3.8) is 0 Å². The van der Waals surface area contributed by atoms with Crippen LogP contribution in [0.15, 0.2) is 71.6 Å². The molecule has 0 unspecified atom stereocenters. The van der Waals surface area contributed by atoms with Gasteiger partial charge < -0.3 is 0 Å². The van der Waals surface area contributed by atoms with Gasteiger partial charge in [-0.2, -0.15) is 0 Å². The molecule has 0 atom stereocenters. The summed E-state index contributed by atoms with van der Waals surface area (Å²) in [5.74, 6) is -0.136. The lowest BCUT2D eigenvalue weighted by atomic mass is 10.1. The van der Waals surface area contributed by atoms with Crippen molar-refractivity contribution >= 4 is 28.5 Å². The van der Waals surface area contributed by atoms with Gasteiger partial charge in [0.1, 0.15) is 0 Å². The molecule has 0 saturated carbocycles. The van der Waals surface area contributed by atoms with E-state index in [9.17, 15) is 4.79 Å². The summed E-state index contributed by atoms with van der Waals surface area (Å²) in [5, 5.41) is 5.40. The van der Waals surface area contributed by atoms with Gasteiger partial charge >= 0.3 is 0 Å². The molecular weight excluding hydrogens is 304 g/mol. The highest BCUT2D eigenvalue weighted by molar-refractivity contribution is 7.14. The molecule has 0 fully saturated rings. The maximum absolute atomic E-state index is 12.2. The quantitative estimate of drug-likeness (QED) is 0.698. The molecule has 0 aliphatic rings. The lowest BCUT2D eigenvalue weighted by Crippen LogP contribution is -2.12. The average Bonchev–Trinajstić information content (AvgIpc) is 3.05. The smallest absolute Gasteiger partial charge is 0.253 e. The van der Waals surface area contributed by atoms with Crippen molar-refractivity contribution in [1.82, 2.24) is 4.98 Å². The van der Waals surface area contributed by atoms with Gasteiger partial charge in [-0.05, 0) is 18.6 Å². The fraction of sp³-hybridized carbons (Fsp3) is 0.0526. The number of benzene rings is 2. The highest BCUT2D eigenvalue weighted by atomic mass is 32.1. The Labute approximate surface area is 139 Å². The maximum atomic E-state index is 12.2. The number of carbonyl (C=O) groups is 1. The van der Waals surface area contributed by atoms with E-state index in [0.29, 0.717) is 10.7 Å². The first-order valence-corrected chi connectivity index (χ1v) is 8.16. The molecule has 1 heterocycles. The van der Waals surface area contributed by atoms with Crippen molar-refractivity contribution in [3.8, 4) is 11.3 Å². The number of nitrogens with zero attached hydrogens (tertiary/aromatic N) is 1. The van der Waals surface area contributed by atoms with Crippen LogP contribution >= 0.6 is 11.3 Å². The molecular formula is C19H16N2OS. The molecule has 0 bridgehead atoms. The SMILES string of the molecule is C/C(=C\c1ccccc1)C(=O)Nc1nc(-c2ccccc2)cs1. The Kier molecular flexibility index (Phi) is 4.64. The lowest BCUT2D eigenvalue weighted by molar-refractivity contribution is -0.112. The minimum Gasteiger partial charge on any atom is -0.298 e. The molecule has 1 amide bonds. The second-order valence-electron chi connectivity index (χ2n) is 5.10. The Morgan fingerprint density at radius 3 is 2.39 bits per heavy atom. The number of thiazole rings is 1. The van der Waals surface area contributed by atoms with Gasteiger partial charge in [-0.25, -0.2) is 4.98 Å². The van der Waals surface area contributed by atoms with Crippen LogP contribution < -0.4 is 5.32 Å². The summed E-state index contributed by atoms with van der Waals surface area (Å²) in [4.78, 5) is 16.7. The summed E-state index contributed by atoms with van der Waals surface area (Å²) in [5.41, 5.74) is 3.56. The summed E-state index contributed by atoms with van der Waals surface area (Å²) in [6.07, 6.45) is 1.86. The van der Waals surface area contributed by atoms with Crippen LogP contribution in [0.25, 0.3) is 17.3 Å². The van der Waals surface area contributed by atoms with Crippen LogP contribution in [0.3, 0.4) is 0 Å². The number of rotatable bonds is 4. The largest absolute Gasteiger partial charge is 0.298 e. The predicted molar refractivity (Wildman–Crippen MR) is 96.3 cm³/mol. The summed E-state index contributed by atoms with van der Waals surface area (Å²) < 4.78 is 0. The molecule has 1 N–H and O–H groups in total. The normalized spacial score (nSPS) is 11.3. The zero-order valence-corrected chi connectivity index (χ0v) is 13.5. The summed E-state index contributed by atoms with van der Waals surface area (Å²) in [6, 6.07) is 19.7. The third kappa shape index (κ3) is 3.93. The van der Waals surface area contributed by atoms with E-state index < -0.39 is 0 Å². The Bertz CT molecular complexity index is 823. The zero-order valence-electron chi connectivity index (χ0n) is 12.7. The monoisotopic (exact) mass is 320 g/mol. The fourth-order valence-corrected chi connectivity index (χ4v) is 2.85. The molecule has 2 aromatic carbocycles. The summed E-state index contributed by atoms with van der Waals surface area (Å²) in [6.45, 7) is 1.80. The number of hydrogen-bond acceptors (Lipinski definition) is 3. The highest BCUT2D eigenvalue weighted by Gasteiger charge is 2.09. The minimum atomic E-state index is -0.136. The van der Waals surface area contributed by atoms with Gasteiger partial charge in [-0.15, -0.1) is 11.3 Å². The van der Waals surface area contributed by atoms with Gasteiger partial charge in [0.05, 0.1) is 5.69 Å². The number of nitrogens with one attached hydrogen (secondary N) is 1. The lowest BCUT2D eigenvalue weighted by Gasteiger charge is -2.02. The molecule has 0 radical (unpaired) electrons. The van der Waals surface area contributed by atoms with Crippen LogP contribution in [0.1, 0.15) is 12.5 Å². The summed E-state index contributed by atoms with van der Waals surface area (Å²) in [7, 11) is 0. The van der Waals surface area contributed by atoms with Gasteiger partial charge in [0, 0.05) is 16.5 Å². The number of carbonyl (C=O) groups excluding carboxylic acids is 1. The summed E-state index contributed by atoms with van der Waals surface area (Å²) >= 11 is 1.43. The van der Waals surface area contributed by atoms with Crippen molar-refractivity contribution in [2.75, 3.05) is 5.32 Å². The maximum Gasteiger partial charge on any atom is 0.253 e. The van der Waals surface area contributed by atoms with E-state index in [-0.39, 0.29) is 5.91 Å². The van der Waals surface area contributed by atoms with Crippen LogP contribution in [0.4, 0.5) is 5.13 Å². The number of hydrogen-bond donors (Lipinski definition) is 1. The van der Waals surface area contributed by atoms with Crippen LogP contribution in [-0.4, -0.2) is 10.9 Å². The van der Waals surface area contributed by atoms with Crippen LogP contribution in [-0.2, 0) is 4.79 Å². The first-order valence-electron chi connectivity index (χ1n) is 7.28. The zero-order chi connectivity index (χ0) is 16.1. The van der Waals surface area contributed by atoms with E-state index in [0.717, 1.165) is 16.8 Å². The van der Waals surface area contributed by atoms with Crippen molar-refractivity contribution < 1.29 is 4.79 Å². The minimum absolute atomic E-state index is 0.136. The predicted octanol–water partition coefficient (Wildman–Crippen LogP) is 4.85. The molecule has 3 aromatic rings. The second-order valence-corrected chi connectivity index (χ2v) is 5.95. The van der Waals surface area contributed by atoms with E-state index in [1.807, 2.05) is 72.1 Å². The molecule has 3 rings (SSSR count). The Hall–Kier alpha value is -2.72. The number of aromatic nitrogens is 1. The van der Waals surface area contributed by atoms with Crippen molar-refractivity contribution in [2.24, 2.45) is 0 Å². The number of anilines is 1. The molecule has 0 aliphatic carbocycles. The van der Waals surface area contributed by atoms with E-state index in [1.54, 1.807) is 6.92 Å². The van der Waals surface area contributed by atoms with Gasteiger partial charge in [-0.3, -0.25) is 10.1 Å².